The van der Waals surface area contributed by atoms with Crippen LogP contribution in [0, 0.1) is 29.6 Å². The van der Waals surface area contributed by atoms with E-state index in [1.807, 2.05) is 41.1 Å². The van der Waals surface area contributed by atoms with Crippen LogP contribution >= 0.6 is 34.3 Å². The van der Waals surface area contributed by atoms with Gasteiger partial charge in [0.1, 0.15) is 5.75 Å². The summed E-state index contributed by atoms with van der Waals surface area (Å²) in [6.07, 6.45) is 2.74. The number of thiophene rings is 2. The Balaban J connectivity index is 1.30. The number of rotatable bonds is 5. The number of imide groups is 2. The average Bonchev–Trinajstić information content (AvgIpc) is 3.73. The third-order valence-corrected chi connectivity index (χ3v) is 11.0. The maximum Gasteiger partial charge on any atom is 0.234 e. The molecule has 204 valence electrons. The second kappa shape index (κ2) is 9.68. The summed E-state index contributed by atoms with van der Waals surface area (Å²) < 4.78 is 0. The molecule has 0 spiro atoms. The Morgan fingerprint density at radius 2 is 1.43 bits per heavy atom. The number of likely N-dealkylation sites (tertiary alicyclic amines) is 2. The average molecular weight is 593 g/mol. The number of phenols is 1. The van der Waals surface area contributed by atoms with E-state index < -0.39 is 29.6 Å². The third kappa shape index (κ3) is 3.89. The van der Waals surface area contributed by atoms with E-state index in [4.69, 9.17) is 11.6 Å². The number of phenolic OH excluding ortho intramolecular Hbond substituents is 1. The number of carbonyl (C=O) groups excluding carboxylic acids is 4. The fourth-order valence-electron chi connectivity index (χ4n) is 7.26. The first-order chi connectivity index (χ1) is 19.3. The molecular formula is C30H25ClN2O5S2. The molecule has 1 N–H and O–H groups in total. The summed E-state index contributed by atoms with van der Waals surface area (Å²) >= 11 is 9.66. The van der Waals surface area contributed by atoms with Crippen LogP contribution in [0.4, 0.5) is 0 Å². The highest BCUT2D eigenvalue weighted by Crippen LogP contribution is 2.59. The van der Waals surface area contributed by atoms with Gasteiger partial charge in [-0.05, 0) is 59.3 Å². The first kappa shape index (κ1) is 25.7. The Bertz CT molecular complexity index is 1570. The monoisotopic (exact) mass is 592 g/mol. The van der Waals surface area contributed by atoms with E-state index in [-0.39, 0.29) is 48.4 Å². The number of aromatic hydroxyl groups is 1. The van der Waals surface area contributed by atoms with Crippen molar-refractivity contribution in [2.24, 2.45) is 29.6 Å². The maximum atomic E-state index is 13.9. The van der Waals surface area contributed by atoms with Crippen molar-refractivity contribution in [1.82, 2.24) is 9.80 Å². The Morgan fingerprint density at radius 1 is 0.800 bits per heavy atom. The van der Waals surface area contributed by atoms with Gasteiger partial charge in [0.05, 0.1) is 36.8 Å². The maximum absolute atomic E-state index is 13.9. The molecule has 0 unspecified atom stereocenters. The second-order valence-corrected chi connectivity index (χ2v) is 13.4. The van der Waals surface area contributed by atoms with Crippen LogP contribution in [0.2, 0.25) is 5.02 Å². The lowest BCUT2D eigenvalue weighted by atomic mass is 9.57. The normalized spacial score (nSPS) is 29.5. The minimum Gasteiger partial charge on any atom is -0.508 e. The molecule has 10 heteroatoms. The van der Waals surface area contributed by atoms with Gasteiger partial charge in [-0.25, -0.2) is 0 Å². The number of benzene rings is 1. The number of fused-ring (bicyclic) bond motifs is 4. The summed E-state index contributed by atoms with van der Waals surface area (Å²) in [5.74, 6) is -4.11. The number of nitrogens with zero attached hydrogens (tertiary/aromatic N) is 2. The van der Waals surface area contributed by atoms with E-state index in [1.54, 1.807) is 6.07 Å². The molecule has 7 rings (SSSR count). The van der Waals surface area contributed by atoms with Crippen molar-refractivity contribution in [1.29, 1.82) is 0 Å². The summed E-state index contributed by atoms with van der Waals surface area (Å²) in [6.45, 7) is 0.454. The predicted molar refractivity (Wildman–Crippen MR) is 150 cm³/mol. The lowest BCUT2D eigenvalue weighted by Crippen LogP contribution is -2.43. The summed E-state index contributed by atoms with van der Waals surface area (Å²) in [4.78, 5) is 59.7. The van der Waals surface area contributed by atoms with Gasteiger partial charge in [0, 0.05) is 20.7 Å². The molecule has 0 bridgehead atoms. The number of allylic oxidation sites excluding steroid dienone is 2. The standard InChI is InChI=1S/C30H25ClN2O5S2/c31-23-11-15(34)5-6-19(23)24-18-7-8-20-25(29(37)32(27(20)35)13-16-3-1-9-39-16)21(18)12-22-26(24)30(38)33(28(22)36)14-17-4-2-10-40-17/h1-7,9-11,20-22,24-26,34H,8,12-14H2/t20-,21+,22+,24+,25-,26+/m0/s1. The molecule has 1 aromatic carbocycles. The van der Waals surface area contributed by atoms with Crippen molar-refractivity contribution in [3.63, 3.8) is 0 Å². The molecule has 3 aromatic rings. The first-order valence-electron chi connectivity index (χ1n) is 13.3. The molecule has 2 aromatic heterocycles. The summed E-state index contributed by atoms with van der Waals surface area (Å²) in [6, 6.07) is 12.3. The molecule has 4 heterocycles. The molecule has 4 amide bonds. The van der Waals surface area contributed by atoms with Crippen LogP contribution in [0.3, 0.4) is 0 Å². The van der Waals surface area contributed by atoms with Gasteiger partial charge in [-0.15, -0.1) is 22.7 Å². The lowest BCUT2D eigenvalue weighted by molar-refractivity contribution is -0.142. The van der Waals surface area contributed by atoms with Crippen LogP contribution in [-0.4, -0.2) is 38.5 Å². The second-order valence-electron chi connectivity index (χ2n) is 10.9. The van der Waals surface area contributed by atoms with E-state index in [9.17, 15) is 24.3 Å². The van der Waals surface area contributed by atoms with Crippen LogP contribution in [0.15, 0.2) is 64.9 Å². The van der Waals surface area contributed by atoms with Crippen LogP contribution < -0.4 is 0 Å². The molecule has 4 aliphatic rings. The zero-order valence-corrected chi connectivity index (χ0v) is 23.6. The van der Waals surface area contributed by atoms with E-state index in [2.05, 4.69) is 0 Å². The van der Waals surface area contributed by atoms with Crippen LogP contribution in [0.1, 0.15) is 34.1 Å². The zero-order valence-electron chi connectivity index (χ0n) is 21.2. The van der Waals surface area contributed by atoms with E-state index >= 15 is 0 Å². The van der Waals surface area contributed by atoms with Gasteiger partial charge < -0.3 is 5.11 Å². The minimum absolute atomic E-state index is 0.00396. The Hall–Kier alpha value is -3.27. The van der Waals surface area contributed by atoms with Gasteiger partial charge in [0.25, 0.3) is 0 Å². The quantitative estimate of drug-likeness (QED) is 0.324. The summed E-state index contributed by atoms with van der Waals surface area (Å²) in [7, 11) is 0. The summed E-state index contributed by atoms with van der Waals surface area (Å²) in [5, 5.41) is 14.2. The number of carbonyl (C=O) groups is 4. The molecule has 0 radical (unpaired) electrons. The van der Waals surface area contributed by atoms with Gasteiger partial charge in [0.2, 0.25) is 23.6 Å². The van der Waals surface area contributed by atoms with Crippen molar-refractivity contribution in [2.45, 2.75) is 31.8 Å². The number of hydrogen-bond acceptors (Lipinski definition) is 7. The molecule has 1 saturated carbocycles. The van der Waals surface area contributed by atoms with E-state index in [0.717, 1.165) is 15.3 Å². The minimum atomic E-state index is -0.664. The van der Waals surface area contributed by atoms with Crippen molar-refractivity contribution >= 4 is 57.9 Å². The zero-order chi connectivity index (χ0) is 27.7. The third-order valence-electron chi connectivity index (χ3n) is 8.94. The van der Waals surface area contributed by atoms with Crippen molar-refractivity contribution in [3.8, 4) is 5.75 Å². The van der Waals surface area contributed by atoms with Crippen molar-refractivity contribution < 1.29 is 24.3 Å². The Labute approximate surface area is 243 Å². The fourth-order valence-corrected chi connectivity index (χ4v) is 8.94. The Kier molecular flexibility index (Phi) is 6.21. The van der Waals surface area contributed by atoms with Gasteiger partial charge in [-0.1, -0.05) is 41.4 Å². The smallest absolute Gasteiger partial charge is 0.234 e. The van der Waals surface area contributed by atoms with Crippen molar-refractivity contribution in [3.05, 3.63) is 85.2 Å². The highest BCUT2D eigenvalue weighted by molar-refractivity contribution is 7.10. The van der Waals surface area contributed by atoms with Crippen LogP contribution in [-0.2, 0) is 32.3 Å². The Morgan fingerprint density at radius 3 is 2.02 bits per heavy atom. The molecule has 40 heavy (non-hydrogen) atoms. The molecule has 7 nitrogen and oxygen atoms in total. The summed E-state index contributed by atoms with van der Waals surface area (Å²) in [5.41, 5.74) is 1.54. The number of halogens is 1. The molecule has 3 fully saturated rings. The molecule has 6 atom stereocenters. The van der Waals surface area contributed by atoms with Gasteiger partial charge in [-0.3, -0.25) is 29.0 Å². The van der Waals surface area contributed by atoms with Gasteiger partial charge in [-0.2, -0.15) is 0 Å². The topological polar surface area (TPSA) is 95.0 Å². The molecule has 2 aliphatic heterocycles. The van der Waals surface area contributed by atoms with E-state index in [0.29, 0.717) is 23.4 Å². The van der Waals surface area contributed by atoms with Crippen LogP contribution in [0.25, 0.3) is 0 Å². The number of amides is 4. The van der Waals surface area contributed by atoms with Crippen LogP contribution in [0.5, 0.6) is 5.75 Å². The lowest BCUT2D eigenvalue weighted by Gasteiger charge is -2.44. The van der Waals surface area contributed by atoms with Gasteiger partial charge >= 0.3 is 0 Å². The SMILES string of the molecule is O=C1[C@H]2[C@H](CC=C3[C@H]2C[C@H]2C(=O)N(Cc4cccs4)C(=O)[C@H]2[C@H]3c2ccc(O)cc2Cl)C(=O)N1Cc1cccs1. The molecule has 2 saturated heterocycles. The van der Waals surface area contributed by atoms with Crippen molar-refractivity contribution in [2.75, 3.05) is 0 Å². The highest BCUT2D eigenvalue weighted by atomic mass is 35.5. The fraction of sp³-hybridized carbons (Fsp3) is 0.333. The molecule has 2 aliphatic carbocycles. The largest absolute Gasteiger partial charge is 0.508 e. The number of hydrogen-bond donors (Lipinski definition) is 1. The van der Waals surface area contributed by atoms with E-state index in [1.165, 1.54) is 44.6 Å². The first-order valence-corrected chi connectivity index (χ1v) is 15.4. The highest BCUT2D eigenvalue weighted by Gasteiger charge is 2.62. The van der Waals surface area contributed by atoms with Gasteiger partial charge in [0.15, 0.2) is 0 Å². The molecular weight excluding hydrogens is 568 g/mol. The predicted octanol–water partition coefficient (Wildman–Crippen LogP) is 5.21.